The zero-order valence-corrected chi connectivity index (χ0v) is 11.1. The van der Waals surface area contributed by atoms with Crippen molar-refractivity contribution in [3.8, 4) is 11.6 Å². The van der Waals surface area contributed by atoms with Gasteiger partial charge in [-0.15, -0.1) is 0 Å². The number of benzene rings is 1. The van der Waals surface area contributed by atoms with Crippen molar-refractivity contribution in [1.82, 2.24) is 9.97 Å². The third-order valence-electron chi connectivity index (χ3n) is 2.52. The minimum absolute atomic E-state index is 0.103. The molecule has 2 aromatic rings. The van der Waals surface area contributed by atoms with E-state index in [0.29, 0.717) is 11.6 Å². The number of carboxylic acid groups (broad SMARTS) is 1. The van der Waals surface area contributed by atoms with Crippen LogP contribution in [0, 0.1) is 0 Å². The van der Waals surface area contributed by atoms with E-state index in [-0.39, 0.29) is 11.7 Å². The lowest BCUT2D eigenvalue weighted by molar-refractivity contribution is -0.138. The summed E-state index contributed by atoms with van der Waals surface area (Å²) < 4.78 is 5.48. The first-order valence-electron chi connectivity index (χ1n) is 5.78. The zero-order chi connectivity index (χ0) is 14.5. The average molecular weight is 294 g/mol. The summed E-state index contributed by atoms with van der Waals surface area (Å²) in [5.74, 6) is -0.131. The maximum Gasteiger partial charge on any atom is 0.320 e. The lowest BCUT2D eigenvalue weighted by Crippen LogP contribution is -2.32. The lowest BCUT2D eigenvalue weighted by atomic mass is 10.1. The Morgan fingerprint density at radius 3 is 2.65 bits per heavy atom. The third kappa shape index (κ3) is 3.91. The van der Waals surface area contributed by atoms with Gasteiger partial charge in [0, 0.05) is 12.3 Å². The SMILES string of the molecule is N[C@@H](Cc1ccc(Oc2ccnc(Cl)n2)cc1)C(=O)O. The van der Waals surface area contributed by atoms with Crippen LogP contribution in [0.2, 0.25) is 5.28 Å². The van der Waals surface area contributed by atoms with Crippen molar-refractivity contribution < 1.29 is 14.6 Å². The molecule has 20 heavy (non-hydrogen) atoms. The van der Waals surface area contributed by atoms with E-state index in [2.05, 4.69) is 9.97 Å². The topological polar surface area (TPSA) is 98.3 Å². The van der Waals surface area contributed by atoms with Crippen LogP contribution in [0.5, 0.6) is 11.6 Å². The standard InChI is InChI=1S/C13H12ClN3O3/c14-13-16-6-5-11(17-13)20-9-3-1-8(2-4-9)7-10(15)12(18)19/h1-6,10H,7,15H2,(H,18,19)/t10-/m0/s1. The molecule has 0 spiro atoms. The van der Waals surface area contributed by atoms with Crippen molar-refractivity contribution in [1.29, 1.82) is 0 Å². The maximum absolute atomic E-state index is 10.7. The fourth-order valence-corrected chi connectivity index (χ4v) is 1.67. The molecule has 1 aromatic carbocycles. The fourth-order valence-electron chi connectivity index (χ4n) is 1.53. The second-order valence-corrected chi connectivity index (χ2v) is 4.40. The monoisotopic (exact) mass is 293 g/mol. The molecule has 0 aliphatic carbocycles. The van der Waals surface area contributed by atoms with Gasteiger partial charge >= 0.3 is 5.97 Å². The molecule has 1 heterocycles. The molecular formula is C13H12ClN3O3. The van der Waals surface area contributed by atoms with E-state index in [9.17, 15) is 4.79 Å². The molecule has 0 saturated carbocycles. The quantitative estimate of drug-likeness (QED) is 0.817. The molecular weight excluding hydrogens is 282 g/mol. The highest BCUT2D eigenvalue weighted by molar-refractivity contribution is 6.28. The van der Waals surface area contributed by atoms with Crippen molar-refractivity contribution in [3.63, 3.8) is 0 Å². The first kappa shape index (κ1) is 14.2. The van der Waals surface area contributed by atoms with E-state index in [4.69, 9.17) is 27.2 Å². The van der Waals surface area contributed by atoms with Gasteiger partial charge in [-0.2, -0.15) is 4.98 Å². The van der Waals surface area contributed by atoms with Crippen molar-refractivity contribution in [2.45, 2.75) is 12.5 Å². The molecule has 0 aliphatic heterocycles. The van der Waals surface area contributed by atoms with Crippen LogP contribution in [-0.4, -0.2) is 27.1 Å². The van der Waals surface area contributed by atoms with Crippen LogP contribution in [0.25, 0.3) is 0 Å². The maximum atomic E-state index is 10.7. The number of carbonyl (C=O) groups is 1. The Bertz CT molecular complexity index is 604. The highest BCUT2D eigenvalue weighted by Gasteiger charge is 2.12. The van der Waals surface area contributed by atoms with Gasteiger partial charge < -0.3 is 15.6 Å². The van der Waals surface area contributed by atoms with Gasteiger partial charge in [0.2, 0.25) is 11.2 Å². The summed E-state index contributed by atoms with van der Waals surface area (Å²) in [5, 5.41) is 8.85. The largest absolute Gasteiger partial charge is 0.480 e. The van der Waals surface area contributed by atoms with Gasteiger partial charge in [0.1, 0.15) is 11.8 Å². The molecule has 3 N–H and O–H groups in total. The molecule has 0 aliphatic rings. The first-order chi connectivity index (χ1) is 9.54. The number of nitrogens with two attached hydrogens (primary N) is 1. The molecule has 6 nitrogen and oxygen atoms in total. The Balaban J connectivity index is 2.03. The predicted molar refractivity (Wildman–Crippen MR) is 72.9 cm³/mol. The Morgan fingerprint density at radius 2 is 2.05 bits per heavy atom. The second kappa shape index (κ2) is 6.31. The molecule has 0 amide bonds. The predicted octanol–water partition coefficient (Wildman–Crippen LogP) is 1.88. The summed E-state index contributed by atoms with van der Waals surface area (Å²) in [5.41, 5.74) is 6.28. The minimum Gasteiger partial charge on any atom is -0.480 e. The number of carboxylic acids is 1. The van der Waals surface area contributed by atoms with Crippen LogP contribution in [0.15, 0.2) is 36.5 Å². The molecule has 1 atom stereocenters. The molecule has 2 rings (SSSR count). The number of hydrogen-bond donors (Lipinski definition) is 2. The second-order valence-electron chi connectivity index (χ2n) is 4.06. The number of aliphatic carboxylic acids is 1. The Kier molecular flexibility index (Phi) is 4.49. The van der Waals surface area contributed by atoms with Crippen molar-refractivity contribution in [3.05, 3.63) is 47.4 Å². The van der Waals surface area contributed by atoms with Gasteiger partial charge in [-0.3, -0.25) is 4.79 Å². The highest BCUT2D eigenvalue weighted by Crippen LogP contribution is 2.20. The molecule has 0 unspecified atom stereocenters. The summed E-state index contributed by atoms with van der Waals surface area (Å²) >= 11 is 5.65. The molecule has 0 bridgehead atoms. The molecule has 104 valence electrons. The summed E-state index contributed by atoms with van der Waals surface area (Å²) in [6, 6.07) is 7.59. The molecule has 0 saturated heterocycles. The van der Waals surface area contributed by atoms with Crippen LogP contribution in [0.3, 0.4) is 0 Å². The van der Waals surface area contributed by atoms with Gasteiger partial charge in [0.15, 0.2) is 0 Å². The number of hydrogen-bond acceptors (Lipinski definition) is 5. The third-order valence-corrected chi connectivity index (χ3v) is 2.70. The van der Waals surface area contributed by atoms with Gasteiger partial charge in [0.05, 0.1) is 0 Å². The van der Waals surface area contributed by atoms with Crippen LogP contribution in [0.4, 0.5) is 0 Å². The van der Waals surface area contributed by atoms with Gasteiger partial charge in [-0.05, 0) is 35.7 Å². The number of ether oxygens (including phenoxy) is 1. The Labute approximate surface area is 120 Å². The summed E-state index contributed by atoms with van der Waals surface area (Å²) in [6.07, 6.45) is 1.75. The number of nitrogens with zero attached hydrogens (tertiary/aromatic N) is 2. The number of halogens is 1. The van der Waals surface area contributed by atoms with Gasteiger partial charge in [-0.1, -0.05) is 12.1 Å². The van der Waals surface area contributed by atoms with Crippen LogP contribution in [-0.2, 0) is 11.2 Å². The van der Waals surface area contributed by atoms with Crippen molar-refractivity contribution >= 4 is 17.6 Å². The summed E-state index contributed by atoms with van der Waals surface area (Å²) in [4.78, 5) is 18.3. The first-order valence-corrected chi connectivity index (χ1v) is 6.16. The van der Waals surface area contributed by atoms with E-state index in [1.54, 1.807) is 30.3 Å². The lowest BCUT2D eigenvalue weighted by Gasteiger charge is -2.08. The van der Waals surface area contributed by atoms with E-state index >= 15 is 0 Å². The molecule has 7 heteroatoms. The van der Waals surface area contributed by atoms with Crippen LogP contribution in [0.1, 0.15) is 5.56 Å². The molecule has 0 radical (unpaired) electrons. The average Bonchev–Trinajstić information content (AvgIpc) is 2.41. The summed E-state index contributed by atoms with van der Waals surface area (Å²) in [7, 11) is 0. The normalized spacial score (nSPS) is 11.9. The zero-order valence-electron chi connectivity index (χ0n) is 10.4. The highest BCUT2D eigenvalue weighted by atomic mass is 35.5. The van der Waals surface area contributed by atoms with Crippen LogP contribution >= 0.6 is 11.6 Å². The summed E-state index contributed by atoms with van der Waals surface area (Å²) in [6.45, 7) is 0. The Hall–Kier alpha value is -2.18. The van der Waals surface area contributed by atoms with Crippen LogP contribution < -0.4 is 10.5 Å². The van der Waals surface area contributed by atoms with E-state index in [1.807, 2.05) is 0 Å². The van der Waals surface area contributed by atoms with E-state index in [0.717, 1.165) is 5.56 Å². The van der Waals surface area contributed by atoms with Crippen molar-refractivity contribution in [2.75, 3.05) is 0 Å². The smallest absolute Gasteiger partial charge is 0.320 e. The van der Waals surface area contributed by atoms with Gasteiger partial charge in [0.25, 0.3) is 0 Å². The fraction of sp³-hybridized carbons (Fsp3) is 0.154. The van der Waals surface area contributed by atoms with E-state index < -0.39 is 12.0 Å². The number of aromatic nitrogens is 2. The van der Waals surface area contributed by atoms with E-state index in [1.165, 1.54) is 6.20 Å². The number of rotatable bonds is 5. The molecule has 0 fully saturated rings. The van der Waals surface area contributed by atoms with Gasteiger partial charge in [-0.25, -0.2) is 4.98 Å². The van der Waals surface area contributed by atoms with Crippen molar-refractivity contribution in [2.24, 2.45) is 5.73 Å². The minimum atomic E-state index is -1.03. The Morgan fingerprint density at radius 1 is 1.35 bits per heavy atom. The molecule has 1 aromatic heterocycles.